The van der Waals surface area contributed by atoms with E-state index in [4.69, 9.17) is 21.1 Å². The Bertz CT molecular complexity index is 916. The Balaban J connectivity index is 1.90. The number of esters is 1. The van der Waals surface area contributed by atoms with E-state index in [2.05, 4.69) is 0 Å². The lowest BCUT2D eigenvalue weighted by atomic mass is 9.94. The van der Waals surface area contributed by atoms with Crippen molar-refractivity contribution in [2.75, 3.05) is 17.3 Å². The van der Waals surface area contributed by atoms with Gasteiger partial charge in [0.05, 0.1) is 11.3 Å². The van der Waals surface area contributed by atoms with E-state index >= 15 is 0 Å². The van der Waals surface area contributed by atoms with Gasteiger partial charge in [-0.1, -0.05) is 12.1 Å². The van der Waals surface area contributed by atoms with Crippen LogP contribution in [0.25, 0.3) is 10.8 Å². The Labute approximate surface area is 150 Å². The van der Waals surface area contributed by atoms with Gasteiger partial charge >= 0.3 is 12.1 Å². The number of rotatable bonds is 1. The summed E-state index contributed by atoms with van der Waals surface area (Å²) in [7, 11) is 0. The maximum Gasteiger partial charge on any atom is 0.414 e. The van der Waals surface area contributed by atoms with Crippen LogP contribution in [-0.4, -0.2) is 30.1 Å². The van der Waals surface area contributed by atoms with Gasteiger partial charge in [-0.2, -0.15) is 0 Å². The molecule has 0 N–H and O–H groups in total. The summed E-state index contributed by atoms with van der Waals surface area (Å²) in [4.78, 5) is 26.3. The second kappa shape index (κ2) is 5.36. The molecular weight excluding hydrogens is 342 g/mol. The van der Waals surface area contributed by atoms with Crippen LogP contribution < -0.4 is 9.64 Å². The number of ether oxygens (including phenoxy) is 2. The summed E-state index contributed by atoms with van der Waals surface area (Å²) in [5.41, 5.74) is 1.64. The molecule has 0 saturated carbocycles. The van der Waals surface area contributed by atoms with Crippen LogP contribution in [0.5, 0.6) is 5.75 Å². The third kappa shape index (κ3) is 2.45. The van der Waals surface area contributed by atoms with E-state index in [1.165, 1.54) is 0 Å². The second-order valence-electron chi connectivity index (χ2n) is 7.37. The molecule has 0 fully saturated rings. The standard InChI is InChI=1S/C19H18ClNO4/c1-19(2,3)25-18(23)21-9-10(8-20)15-11-5-4-6-12-16(11)14(7-13(15)21)24-17(12)22/h4-7,10H,8-9H2,1-3H3/t10-/m1/s1. The Hall–Kier alpha value is -2.27. The number of hydrogen-bond donors (Lipinski definition) is 0. The number of benzene rings is 2. The monoisotopic (exact) mass is 359 g/mol. The normalized spacial score (nSPS) is 18.5. The summed E-state index contributed by atoms with van der Waals surface area (Å²) in [6.07, 6.45) is -0.423. The first-order valence-electron chi connectivity index (χ1n) is 8.18. The highest BCUT2D eigenvalue weighted by atomic mass is 35.5. The van der Waals surface area contributed by atoms with Crippen molar-refractivity contribution in [3.05, 3.63) is 35.4 Å². The van der Waals surface area contributed by atoms with E-state index < -0.39 is 11.7 Å². The third-order valence-corrected chi connectivity index (χ3v) is 4.84. The molecule has 5 nitrogen and oxygen atoms in total. The lowest BCUT2D eigenvalue weighted by molar-refractivity contribution is 0.0582. The van der Waals surface area contributed by atoms with Crippen LogP contribution in [0.15, 0.2) is 24.3 Å². The Kier molecular flexibility index (Phi) is 3.48. The second-order valence-corrected chi connectivity index (χ2v) is 7.68. The molecule has 0 spiro atoms. The van der Waals surface area contributed by atoms with E-state index in [0.717, 1.165) is 16.3 Å². The van der Waals surface area contributed by atoms with Crippen molar-refractivity contribution in [2.45, 2.75) is 32.3 Å². The zero-order valence-corrected chi connectivity index (χ0v) is 15.0. The number of carbonyl (C=O) groups is 2. The summed E-state index contributed by atoms with van der Waals surface area (Å²) in [5.74, 6) is 0.470. The van der Waals surface area contributed by atoms with E-state index in [-0.39, 0.29) is 11.9 Å². The molecule has 0 radical (unpaired) electrons. The Morgan fingerprint density at radius 1 is 1.40 bits per heavy atom. The number of halogens is 1. The molecule has 25 heavy (non-hydrogen) atoms. The molecule has 6 heteroatoms. The molecule has 4 rings (SSSR count). The molecular formula is C19H18ClNO4. The predicted octanol–water partition coefficient (Wildman–Crippen LogP) is 4.45. The van der Waals surface area contributed by atoms with Crippen LogP contribution in [0.2, 0.25) is 0 Å². The number of alkyl halides is 1. The van der Waals surface area contributed by atoms with Gasteiger partial charge in [-0.15, -0.1) is 11.6 Å². The SMILES string of the molecule is CC(C)(C)OC(=O)N1C[C@@H](CCl)c2c1cc1c3c(cccc23)C(=O)O1. The van der Waals surface area contributed by atoms with Gasteiger partial charge in [-0.25, -0.2) is 9.59 Å². The summed E-state index contributed by atoms with van der Waals surface area (Å²) in [6.45, 7) is 5.93. The zero-order chi connectivity index (χ0) is 17.9. The van der Waals surface area contributed by atoms with Gasteiger partial charge in [-0.3, -0.25) is 4.90 Å². The van der Waals surface area contributed by atoms with Crippen molar-refractivity contribution >= 4 is 40.1 Å². The molecule has 130 valence electrons. The molecule has 2 heterocycles. The molecule has 2 aromatic carbocycles. The number of fused-ring (bicyclic) bond motifs is 2. The zero-order valence-electron chi connectivity index (χ0n) is 14.3. The highest BCUT2D eigenvalue weighted by molar-refractivity contribution is 6.20. The fraction of sp³-hybridized carbons (Fsp3) is 0.368. The molecule has 2 aliphatic rings. The number of carbonyl (C=O) groups excluding carboxylic acids is 2. The van der Waals surface area contributed by atoms with Gasteiger partial charge in [-0.05, 0) is 37.8 Å². The van der Waals surface area contributed by atoms with Crippen molar-refractivity contribution < 1.29 is 19.1 Å². The summed E-state index contributed by atoms with van der Waals surface area (Å²) >= 11 is 6.19. The molecule has 0 saturated heterocycles. The van der Waals surface area contributed by atoms with Crippen molar-refractivity contribution in [3.63, 3.8) is 0 Å². The molecule has 0 unspecified atom stereocenters. The van der Waals surface area contributed by atoms with Crippen LogP contribution in [-0.2, 0) is 4.74 Å². The van der Waals surface area contributed by atoms with E-state index in [0.29, 0.717) is 29.4 Å². The molecule has 0 aromatic heterocycles. The van der Waals surface area contributed by atoms with Crippen molar-refractivity contribution in [2.24, 2.45) is 0 Å². The highest BCUT2D eigenvalue weighted by Crippen LogP contribution is 2.48. The van der Waals surface area contributed by atoms with Crippen LogP contribution in [0, 0.1) is 0 Å². The highest BCUT2D eigenvalue weighted by Gasteiger charge is 2.38. The minimum Gasteiger partial charge on any atom is -0.443 e. The summed E-state index contributed by atoms with van der Waals surface area (Å²) in [6, 6.07) is 7.28. The number of nitrogens with zero attached hydrogens (tertiary/aromatic N) is 1. The van der Waals surface area contributed by atoms with Crippen LogP contribution in [0.3, 0.4) is 0 Å². The van der Waals surface area contributed by atoms with E-state index in [1.54, 1.807) is 17.0 Å². The van der Waals surface area contributed by atoms with Gasteiger partial charge in [0.15, 0.2) is 0 Å². The average molecular weight is 360 g/mol. The van der Waals surface area contributed by atoms with Crippen molar-refractivity contribution in [3.8, 4) is 5.75 Å². The van der Waals surface area contributed by atoms with Crippen LogP contribution in [0.1, 0.15) is 42.6 Å². The first-order chi connectivity index (χ1) is 11.8. The van der Waals surface area contributed by atoms with Gasteiger partial charge in [0.1, 0.15) is 11.4 Å². The van der Waals surface area contributed by atoms with Crippen LogP contribution >= 0.6 is 11.6 Å². The van der Waals surface area contributed by atoms with Crippen molar-refractivity contribution in [1.29, 1.82) is 0 Å². The fourth-order valence-electron chi connectivity index (χ4n) is 3.54. The van der Waals surface area contributed by atoms with Gasteiger partial charge < -0.3 is 9.47 Å². The molecule has 1 amide bonds. The first-order valence-corrected chi connectivity index (χ1v) is 8.72. The minimum absolute atomic E-state index is 0.0239. The quantitative estimate of drug-likeness (QED) is 0.429. The number of amides is 1. The molecule has 0 aliphatic carbocycles. The van der Waals surface area contributed by atoms with Gasteiger partial charge in [0, 0.05) is 29.8 Å². The topological polar surface area (TPSA) is 55.8 Å². The maximum absolute atomic E-state index is 12.7. The van der Waals surface area contributed by atoms with Gasteiger partial charge in [0.2, 0.25) is 0 Å². The Morgan fingerprint density at radius 3 is 2.84 bits per heavy atom. The van der Waals surface area contributed by atoms with Crippen LogP contribution in [0.4, 0.5) is 10.5 Å². The molecule has 2 aromatic rings. The first kappa shape index (κ1) is 16.2. The summed E-state index contributed by atoms with van der Waals surface area (Å²) < 4.78 is 10.9. The smallest absolute Gasteiger partial charge is 0.414 e. The van der Waals surface area contributed by atoms with Crippen molar-refractivity contribution in [1.82, 2.24) is 0 Å². The lowest BCUT2D eigenvalue weighted by Crippen LogP contribution is -2.36. The summed E-state index contributed by atoms with van der Waals surface area (Å²) in [5, 5.41) is 1.71. The number of anilines is 1. The average Bonchev–Trinajstić information content (AvgIpc) is 3.06. The fourth-order valence-corrected chi connectivity index (χ4v) is 3.79. The lowest BCUT2D eigenvalue weighted by Gasteiger charge is -2.25. The minimum atomic E-state index is -0.594. The Morgan fingerprint density at radius 2 is 2.16 bits per heavy atom. The van der Waals surface area contributed by atoms with E-state index in [9.17, 15) is 9.59 Å². The molecule has 1 atom stereocenters. The largest absolute Gasteiger partial charge is 0.443 e. The number of hydrogen-bond acceptors (Lipinski definition) is 4. The van der Waals surface area contributed by atoms with E-state index in [1.807, 2.05) is 32.9 Å². The maximum atomic E-state index is 12.7. The molecule has 0 bridgehead atoms. The van der Waals surface area contributed by atoms with Gasteiger partial charge in [0.25, 0.3) is 0 Å². The third-order valence-electron chi connectivity index (χ3n) is 4.47. The molecule has 2 aliphatic heterocycles. The predicted molar refractivity (Wildman–Crippen MR) is 95.9 cm³/mol.